The van der Waals surface area contributed by atoms with Gasteiger partial charge in [0.25, 0.3) is 0 Å². The third-order valence-corrected chi connectivity index (χ3v) is 5.44. The summed E-state index contributed by atoms with van der Waals surface area (Å²) in [7, 11) is 0. The zero-order valence-corrected chi connectivity index (χ0v) is 21.2. The number of carbonyl (C=O) groups excluding carboxylic acids is 1. The van der Waals surface area contributed by atoms with Crippen molar-refractivity contribution in [1.29, 1.82) is 0 Å². The van der Waals surface area contributed by atoms with E-state index in [4.69, 9.17) is 8.06 Å². The molecule has 0 unspecified atom stereocenters. The monoisotopic (exact) mass is 522 g/mol. The van der Waals surface area contributed by atoms with Crippen molar-refractivity contribution in [2.75, 3.05) is 0 Å². The SMILES string of the molecule is CCCCC(=O)Oc1ccc2ccccc2c1-c1c([O][Ti+3])ccc2ccccc12.[Cl-].[Cl-].[Cl-]. The molecule has 0 atom stereocenters. The molecule has 3 nitrogen and oxygen atoms in total. The van der Waals surface area contributed by atoms with E-state index in [2.05, 4.69) is 37.3 Å². The van der Waals surface area contributed by atoms with Crippen LogP contribution in [0.5, 0.6) is 11.5 Å². The van der Waals surface area contributed by atoms with E-state index in [-0.39, 0.29) is 43.2 Å². The van der Waals surface area contributed by atoms with Crippen LogP contribution in [0, 0.1) is 0 Å². The molecule has 0 aromatic heterocycles. The molecule has 0 saturated carbocycles. The molecule has 4 rings (SSSR count). The number of ether oxygens (including phenoxy) is 1. The molecular weight excluding hydrogens is 502 g/mol. The molecule has 0 spiro atoms. The minimum Gasteiger partial charge on any atom is -1.00 e. The number of carbonyl (C=O) groups is 1. The van der Waals surface area contributed by atoms with Crippen LogP contribution in [-0.2, 0) is 25.6 Å². The Morgan fingerprint density at radius 3 is 1.78 bits per heavy atom. The Balaban J connectivity index is 0.00000171. The smallest absolute Gasteiger partial charge is 1.00 e. The minimum absolute atomic E-state index is 0. The Morgan fingerprint density at radius 1 is 0.750 bits per heavy atom. The molecule has 0 aliphatic carbocycles. The zero-order chi connectivity index (χ0) is 20.2. The predicted molar refractivity (Wildman–Crippen MR) is 113 cm³/mol. The average Bonchev–Trinajstić information content (AvgIpc) is 2.77. The van der Waals surface area contributed by atoms with E-state index in [0.29, 0.717) is 12.2 Å². The first-order valence-electron chi connectivity index (χ1n) is 9.81. The van der Waals surface area contributed by atoms with Crippen molar-refractivity contribution in [2.45, 2.75) is 26.2 Å². The fraction of sp³-hybridized carbons (Fsp3) is 0.160. The van der Waals surface area contributed by atoms with Gasteiger partial charge < -0.3 is 37.2 Å². The quantitative estimate of drug-likeness (QED) is 0.161. The third kappa shape index (κ3) is 5.78. The summed E-state index contributed by atoms with van der Waals surface area (Å²) < 4.78 is 11.6. The molecule has 0 saturated heterocycles. The molecule has 4 aromatic carbocycles. The van der Waals surface area contributed by atoms with Crippen LogP contribution in [0.4, 0.5) is 0 Å². The van der Waals surface area contributed by atoms with Crippen LogP contribution in [0.3, 0.4) is 0 Å². The van der Waals surface area contributed by atoms with Gasteiger partial charge in [-0.1, -0.05) is 0 Å². The van der Waals surface area contributed by atoms with Crippen molar-refractivity contribution in [3.8, 4) is 22.6 Å². The molecule has 0 aliphatic rings. The van der Waals surface area contributed by atoms with Gasteiger partial charge in [0.1, 0.15) is 0 Å². The van der Waals surface area contributed by atoms with Gasteiger partial charge in [-0.3, -0.25) is 0 Å². The van der Waals surface area contributed by atoms with Gasteiger partial charge in [0.2, 0.25) is 0 Å². The Labute approximate surface area is 219 Å². The summed E-state index contributed by atoms with van der Waals surface area (Å²) in [5.74, 6) is 1.12. The van der Waals surface area contributed by atoms with Crippen LogP contribution in [0.15, 0.2) is 72.8 Å². The minimum atomic E-state index is -0.206. The van der Waals surface area contributed by atoms with Gasteiger partial charge in [-0.05, 0) is 0 Å². The summed E-state index contributed by atoms with van der Waals surface area (Å²) in [5, 5.41) is 4.29. The van der Waals surface area contributed by atoms with Crippen LogP contribution >= 0.6 is 0 Å². The number of esters is 1. The number of hydrogen-bond donors (Lipinski definition) is 0. The van der Waals surface area contributed by atoms with Gasteiger partial charge in [0.05, 0.1) is 0 Å². The molecule has 7 heteroatoms. The van der Waals surface area contributed by atoms with E-state index in [1.807, 2.05) is 42.5 Å². The van der Waals surface area contributed by atoms with Gasteiger partial charge in [0.15, 0.2) is 0 Å². The van der Waals surface area contributed by atoms with Crippen LogP contribution in [0.1, 0.15) is 26.2 Å². The summed E-state index contributed by atoms with van der Waals surface area (Å²) in [6.45, 7) is 2.07. The molecule has 0 fully saturated rings. The second kappa shape index (κ2) is 13.1. The van der Waals surface area contributed by atoms with Crippen molar-refractivity contribution in [2.24, 2.45) is 0 Å². The van der Waals surface area contributed by atoms with E-state index in [1.165, 1.54) is 0 Å². The molecule has 0 radical (unpaired) electrons. The molecule has 0 N–H and O–H groups in total. The second-order valence-electron chi connectivity index (χ2n) is 7.00. The van der Waals surface area contributed by atoms with E-state index in [1.54, 1.807) is 20.8 Å². The number of unbranched alkanes of at least 4 members (excludes halogenated alkanes) is 1. The van der Waals surface area contributed by atoms with E-state index >= 15 is 0 Å². The summed E-state index contributed by atoms with van der Waals surface area (Å²) in [6, 6.07) is 24.3. The van der Waals surface area contributed by atoms with Crippen molar-refractivity contribution >= 4 is 27.5 Å². The summed E-state index contributed by atoms with van der Waals surface area (Å²) >= 11 is 1.67. The first-order valence-corrected chi connectivity index (χ1v) is 10.4. The first-order chi connectivity index (χ1) is 14.2. The molecule has 164 valence electrons. The van der Waals surface area contributed by atoms with Crippen molar-refractivity contribution in [3.05, 3.63) is 72.8 Å². The predicted octanol–water partition coefficient (Wildman–Crippen LogP) is -2.39. The van der Waals surface area contributed by atoms with E-state index in [0.717, 1.165) is 51.3 Å². The van der Waals surface area contributed by atoms with Gasteiger partial charge in [-0.15, -0.1) is 0 Å². The Hall–Kier alpha value is -1.75. The maximum atomic E-state index is 12.5. The van der Waals surface area contributed by atoms with Gasteiger partial charge in [-0.2, -0.15) is 0 Å². The maximum absolute atomic E-state index is 12.5. The Kier molecular flexibility index (Phi) is 11.6. The fourth-order valence-electron chi connectivity index (χ4n) is 3.68. The fourth-order valence-corrected chi connectivity index (χ4v) is 3.95. The topological polar surface area (TPSA) is 35.5 Å². The Bertz CT molecular complexity index is 1200. The van der Waals surface area contributed by atoms with Gasteiger partial charge in [-0.25, -0.2) is 0 Å². The van der Waals surface area contributed by atoms with Gasteiger partial charge in [0, 0.05) is 0 Å². The number of fused-ring (bicyclic) bond motifs is 2. The molecule has 4 aromatic rings. The Morgan fingerprint density at radius 2 is 1.25 bits per heavy atom. The summed E-state index contributed by atoms with van der Waals surface area (Å²) in [5.41, 5.74) is 1.84. The third-order valence-electron chi connectivity index (χ3n) is 5.10. The second-order valence-corrected chi connectivity index (χ2v) is 7.32. The van der Waals surface area contributed by atoms with Crippen LogP contribution < -0.4 is 45.3 Å². The summed E-state index contributed by atoms with van der Waals surface area (Å²) in [6.07, 6.45) is 2.19. The zero-order valence-electron chi connectivity index (χ0n) is 17.4. The maximum Gasteiger partial charge on any atom is -1.00 e. The molecule has 32 heavy (non-hydrogen) atoms. The molecule has 0 aliphatic heterocycles. The molecule has 0 bridgehead atoms. The number of halogens is 3. The number of benzene rings is 4. The normalized spacial score (nSPS) is 9.97. The number of hydrogen-bond acceptors (Lipinski definition) is 3. The van der Waals surface area contributed by atoms with Crippen molar-refractivity contribution in [1.82, 2.24) is 0 Å². The molecular formula is C25H21Cl3O3Ti. The molecule has 0 amide bonds. The van der Waals surface area contributed by atoms with Crippen LogP contribution in [-0.4, -0.2) is 5.97 Å². The van der Waals surface area contributed by atoms with Crippen molar-refractivity contribution in [3.63, 3.8) is 0 Å². The molecule has 0 heterocycles. The van der Waals surface area contributed by atoms with Crippen LogP contribution in [0.2, 0.25) is 0 Å². The van der Waals surface area contributed by atoms with E-state index < -0.39 is 0 Å². The largest absolute Gasteiger partial charge is 1.00 e. The van der Waals surface area contributed by atoms with Crippen LogP contribution in [0.25, 0.3) is 32.7 Å². The van der Waals surface area contributed by atoms with Crippen molar-refractivity contribution < 1.29 is 70.9 Å². The van der Waals surface area contributed by atoms with E-state index in [9.17, 15) is 4.79 Å². The first kappa shape index (κ1) is 28.3. The standard InChI is InChI=1S/C25H22O3.3ClH.Ti/c1-2-3-12-23(27)28-22-16-14-18-9-5-7-11-20(18)25(22)24-19-10-6-4-8-17(19)13-15-21(24)26;;;;/h4-11,13-16,26H,2-3,12H2,1H3;3*1H;/q;;;;+4/p-4. The summed E-state index contributed by atoms with van der Waals surface area (Å²) in [4.78, 5) is 12.5. The number of rotatable bonds is 6. The van der Waals surface area contributed by atoms with Gasteiger partial charge >= 0.3 is 183 Å². The average molecular weight is 524 g/mol.